The van der Waals surface area contributed by atoms with Gasteiger partial charge in [0, 0.05) is 18.7 Å². The molecule has 1 aliphatic carbocycles. The van der Waals surface area contributed by atoms with Gasteiger partial charge in [-0.15, -0.1) is 5.10 Å². The quantitative estimate of drug-likeness (QED) is 0.846. The lowest BCUT2D eigenvalue weighted by Crippen LogP contribution is -2.42. The molecule has 1 aromatic heterocycles. The van der Waals surface area contributed by atoms with Crippen LogP contribution in [-0.2, 0) is 0 Å². The van der Waals surface area contributed by atoms with Crippen LogP contribution in [0.3, 0.4) is 0 Å². The number of ether oxygens (including phenoxy) is 1. The van der Waals surface area contributed by atoms with E-state index in [-0.39, 0.29) is 0 Å². The van der Waals surface area contributed by atoms with E-state index in [1.54, 1.807) is 0 Å². The molecule has 1 saturated heterocycles. The van der Waals surface area contributed by atoms with Crippen molar-refractivity contribution >= 4 is 0 Å². The number of hydrogen-bond acceptors (Lipinski definition) is 4. The second-order valence-corrected chi connectivity index (χ2v) is 6.60. The first-order valence-electron chi connectivity index (χ1n) is 7.89. The number of piperidine rings is 1. The van der Waals surface area contributed by atoms with Gasteiger partial charge in [-0.2, -0.15) is 5.10 Å². The molecule has 0 aromatic carbocycles. The third-order valence-corrected chi connectivity index (χ3v) is 4.33. The van der Waals surface area contributed by atoms with Gasteiger partial charge in [0.15, 0.2) is 0 Å². The van der Waals surface area contributed by atoms with Crippen molar-refractivity contribution in [3.63, 3.8) is 0 Å². The molecule has 4 nitrogen and oxygen atoms in total. The second-order valence-electron chi connectivity index (χ2n) is 6.60. The van der Waals surface area contributed by atoms with Crippen molar-refractivity contribution in [2.24, 2.45) is 5.92 Å². The molecule has 2 aliphatic rings. The van der Waals surface area contributed by atoms with E-state index in [0.29, 0.717) is 24.1 Å². The molecule has 0 radical (unpaired) electrons. The Hall–Kier alpha value is -1.16. The minimum Gasteiger partial charge on any atom is -0.473 e. The van der Waals surface area contributed by atoms with E-state index in [1.165, 1.54) is 12.8 Å². The Labute approximate surface area is 121 Å². The zero-order valence-corrected chi connectivity index (χ0v) is 12.7. The summed E-state index contributed by atoms with van der Waals surface area (Å²) in [6, 6.07) is 5.04. The minimum atomic E-state index is 0.387. The Morgan fingerprint density at radius 3 is 2.55 bits per heavy atom. The van der Waals surface area contributed by atoms with Crippen molar-refractivity contribution in [3.8, 4) is 5.88 Å². The van der Waals surface area contributed by atoms with Crippen LogP contribution in [0.4, 0.5) is 0 Å². The zero-order chi connectivity index (χ0) is 14.1. The number of hydrogen-bond donors (Lipinski definition) is 0. The van der Waals surface area contributed by atoms with Crippen LogP contribution in [0.1, 0.15) is 58.2 Å². The first kappa shape index (κ1) is 13.8. The van der Waals surface area contributed by atoms with Crippen molar-refractivity contribution in [2.75, 3.05) is 6.54 Å². The molecule has 0 N–H and O–H groups in total. The van der Waals surface area contributed by atoms with Crippen molar-refractivity contribution in [1.82, 2.24) is 15.1 Å². The van der Waals surface area contributed by atoms with Crippen molar-refractivity contribution in [3.05, 3.63) is 17.8 Å². The topological polar surface area (TPSA) is 38.2 Å². The predicted molar refractivity (Wildman–Crippen MR) is 78.7 cm³/mol. The smallest absolute Gasteiger partial charge is 0.233 e. The average molecular weight is 275 g/mol. The Kier molecular flexibility index (Phi) is 3.92. The molecule has 2 atom stereocenters. The Morgan fingerprint density at radius 2 is 1.95 bits per heavy atom. The number of rotatable bonds is 4. The molecule has 1 aromatic rings. The highest BCUT2D eigenvalue weighted by Crippen LogP contribution is 2.34. The van der Waals surface area contributed by atoms with Gasteiger partial charge in [0.2, 0.25) is 5.88 Å². The van der Waals surface area contributed by atoms with Crippen molar-refractivity contribution in [1.29, 1.82) is 0 Å². The minimum absolute atomic E-state index is 0.387. The fraction of sp³-hybridized carbons (Fsp3) is 0.750. The van der Waals surface area contributed by atoms with E-state index in [0.717, 1.165) is 31.0 Å². The predicted octanol–water partition coefficient (Wildman–Crippen LogP) is 3.20. The molecule has 2 fully saturated rings. The average Bonchev–Trinajstić information content (AvgIpc) is 3.24. The van der Waals surface area contributed by atoms with Gasteiger partial charge < -0.3 is 4.74 Å². The van der Waals surface area contributed by atoms with E-state index >= 15 is 0 Å². The summed E-state index contributed by atoms with van der Waals surface area (Å²) in [4.78, 5) is 2.56. The Morgan fingerprint density at radius 1 is 1.15 bits per heavy atom. The van der Waals surface area contributed by atoms with Crippen molar-refractivity contribution in [2.45, 2.75) is 64.6 Å². The monoisotopic (exact) mass is 275 g/mol. The molecule has 0 unspecified atom stereocenters. The van der Waals surface area contributed by atoms with E-state index in [9.17, 15) is 0 Å². The van der Waals surface area contributed by atoms with Gasteiger partial charge >= 0.3 is 0 Å². The molecule has 1 aliphatic heterocycles. The van der Waals surface area contributed by atoms with Gasteiger partial charge in [-0.3, -0.25) is 4.90 Å². The molecule has 0 spiro atoms. The maximum Gasteiger partial charge on any atom is 0.233 e. The summed E-state index contributed by atoms with van der Waals surface area (Å²) >= 11 is 0. The van der Waals surface area contributed by atoms with Crippen LogP contribution in [0.25, 0.3) is 0 Å². The molecule has 0 bridgehead atoms. The summed E-state index contributed by atoms with van der Waals surface area (Å²) < 4.78 is 5.67. The van der Waals surface area contributed by atoms with Gasteiger partial charge in [0.1, 0.15) is 6.10 Å². The normalized spacial score (nSPS) is 27.8. The van der Waals surface area contributed by atoms with Crippen molar-refractivity contribution < 1.29 is 4.74 Å². The highest BCUT2D eigenvalue weighted by molar-refractivity contribution is 5.16. The second kappa shape index (κ2) is 5.68. The van der Waals surface area contributed by atoms with Crippen LogP contribution in [0.5, 0.6) is 5.88 Å². The number of aromatic nitrogens is 2. The largest absolute Gasteiger partial charge is 0.473 e. The highest BCUT2D eigenvalue weighted by atomic mass is 16.5. The fourth-order valence-corrected chi connectivity index (χ4v) is 3.00. The van der Waals surface area contributed by atoms with Crippen LogP contribution in [0, 0.1) is 5.92 Å². The van der Waals surface area contributed by atoms with Gasteiger partial charge in [0.05, 0.1) is 11.7 Å². The summed E-state index contributed by atoms with van der Waals surface area (Å²) in [5.74, 6) is 1.45. The van der Waals surface area contributed by atoms with Crippen LogP contribution >= 0.6 is 0 Å². The summed E-state index contributed by atoms with van der Waals surface area (Å²) in [6.07, 6.45) is 5.15. The molecule has 110 valence electrons. The van der Waals surface area contributed by atoms with Gasteiger partial charge in [-0.25, -0.2) is 0 Å². The van der Waals surface area contributed by atoms with E-state index in [2.05, 4.69) is 41.9 Å². The first-order valence-corrected chi connectivity index (χ1v) is 7.89. The summed E-state index contributed by atoms with van der Waals surface area (Å²) in [7, 11) is 0. The SMILES string of the molecule is CC(C)N1C[C@H](C)CC[C@H]1c1ccc(OC2CC2)nn1. The third-order valence-electron chi connectivity index (χ3n) is 4.33. The Balaban J connectivity index is 1.72. The first-order chi connectivity index (χ1) is 9.63. The zero-order valence-electron chi connectivity index (χ0n) is 12.7. The van der Waals surface area contributed by atoms with Gasteiger partial charge in [0.25, 0.3) is 0 Å². The molecule has 3 rings (SSSR count). The highest BCUT2D eigenvalue weighted by Gasteiger charge is 2.30. The van der Waals surface area contributed by atoms with Gasteiger partial charge in [-0.05, 0) is 51.5 Å². The molecule has 2 heterocycles. The standard InChI is InChI=1S/C16H25N3O/c1-11(2)19-10-12(3)4-8-15(19)14-7-9-16(18-17-14)20-13-5-6-13/h7,9,11-13,15H,4-6,8,10H2,1-3H3/t12-,15+/m1/s1. The van der Waals surface area contributed by atoms with E-state index in [1.807, 2.05) is 6.07 Å². The van der Waals surface area contributed by atoms with Crippen LogP contribution in [0.2, 0.25) is 0 Å². The third kappa shape index (κ3) is 3.11. The molecule has 4 heteroatoms. The van der Waals surface area contributed by atoms with E-state index in [4.69, 9.17) is 4.74 Å². The lowest BCUT2D eigenvalue weighted by Gasteiger charge is -2.40. The molecule has 1 saturated carbocycles. The summed E-state index contributed by atoms with van der Waals surface area (Å²) in [5.41, 5.74) is 1.09. The lowest BCUT2D eigenvalue weighted by atomic mass is 9.91. The molecule has 0 amide bonds. The number of likely N-dealkylation sites (tertiary alicyclic amines) is 1. The molecular weight excluding hydrogens is 250 g/mol. The van der Waals surface area contributed by atoms with Gasteiger partial charge in [-0.1, -0.05) is 6.92 Å². The van der Waals surface area contributed by atoms with Crippen LogP contribution < -0.4 is 4.74 Å². The van der Waals surface area contributed by atoms with Crippen LogP contribution in [0.15, 0.2) is 12.1 Å². The van der Waals surface area contributed by atoms with E-state index < -0.39 is 0 Å². The lowest BCUT2D eigenvalue weighted by molar-refractivity contribution is 0.0787. The summed E-state index contributed by atoms with van der Waals surface area (Å²) in [5, 5.41) is 8.67. The van der Waals surface area contributed by atoms with Crippen LogP contribution in [-0.4, -0.2) is 33.8 Å². The maximum absolute atomic E-state index is 5.67. The fourth-order valence-electron chi connectivity index (χ4n) is 3.00. The molecular formula is C16H25N3O. The number of nitrogens with zero attached hydrogens (tertiary/aromatic N) is 3. The Bertz CT molecular complexity index is 442. The molecule has 20 heavy (non-hydrogen) atoms. The maximum atomic E-state index is 5.67. The summed E-state index contributed by atoms with van der Waals surface area (Å²) in [6.45, 7) is 8.03.